The average Bonchev–Trinajstić information content (AvgIpc) is 2.72. The van der Waals surface area contributed by atoms with Gasteiger partial charge in [0.05, 0.1) is 11.0 Å². The first-order valence-corrected chi connectivity index (χ1v) is 6.82. The van der Waals surface area contributed by atoms with Crippen molar-refractivity contribution in [1.29, 1.82) is 0 Å². The third-order valence-corrected chi connectivity index (χ3v) is 3.71. The van der Waals surface area contributed by atoms with Crippen molar-refractivity contribution in [3.8, 4) is 0 Å². The fourth-order valence-electron chi connectivity index (χ4n) is 2.46. The smallest absolute Gasteiger partial charge is 0.178 e. The van der Waals surface area contributed by atoms with Crippen LogP contribution in [-0.4, -0.2) is 9.55 Å². The molecular weight excluding hydrogens is 240 g/mol. The number of aryl methyl sites for hydroxylation is 1. The van der Waals surface area contributed by atoms with Gasteiger partial charge in [-0.2, -0.15) is 0 Å². The van der Waals surface area contributed by atoms with Crippen LogP contribution < -0.4 is 0 Å². The zero-order valence-electron chi connectivity index (χ0n) is 10.4. The summed E-state index contributed by atoms with van der Waals surface area (Å²) in [6.45, 7) is 3.19. The molecule has 2 nitrogen and oxygen atoms in total. The van der Waals surface area contributed by atoms with E-state index in [-0.39, 0.29) is 0 Å². The summed E-state index contributed by atoms with van der Waals surface area (Å²) in [5.41, 5.74) is 2.38. The molecule has 0 spiro atoms. The Hall–Kier alpha value is -1.61. The van der Waals surface area contributed by atoms with Gasteiger partial charge in [-0.1, -0.05) is 43.7 Å². The number of imidazole rings is 1. The number of nitrogens with zero attached hydrogens (tertiary/aromatic N) is 1. The average molecular weight is 256 g/mol. The van der Waals surface area contributed by atoms with E-state index in [4.69, 9.17) is 12.2 Å². The predicted octanol–water partition coefficient (Wildman–Crippen LogP) is 4.65. The minimum Gasteiger partial charge on any atom is -0.331 e. The van der Waals surface area contributed by atoms with Crippen molar-refractivity contribution in [2.45, 2.75) is 26.3 Å². The number of hydrogen-bond acceptors (Lipinski definition) is 1. The van der Waals surface area contributed by atoms with Gasteiger partial charge in [-0.25, -0.2) is 0 Å². The van der Waals surface area contributed by atoms with Gasteiger partial charge in [0.15, 0.2) is 4.77 Å². The fraction of sp³-hybridized carbons (Fsp3) is 0.267. The second-order valence-corrected chi connectivity index (χ2v) is 5.00. The highest BCUT2D eigenvalue weighted by Gasteiger charge is 2.07. The zero-order chi connectivity index (χ0) is 12.5. The summed E-state index contributed by atoms with van der Waals surface area (Å²) in [5.74, 6) is 0. The first kappa shape index (κ1) is 11.5. The molecule has 1 heterocycles. The molecule has 2 aromatic carbocycles. The van der Waals surface area contributed by atoms with Gasteiger partial charge in [0.2, 0.25) is 0 Å². The second-order valence-electron chi connectivity index (χ2n) is 4.62. The number of aromatic nitrogens is 2. The summed E-state index contributed by atoms with van der Waals surface area (Å²) in [7, 11) is 0. The molecule has 0 aliphatic heterocycles. The highest BCUT2D eigenvalue weighted by atomic mass is 32.1. The van der Waals surface area contributed by atoms with Crippen molar-refractivity contribution in [3.63, 3.8) is 0 Å². The first-order valence-electron chi connectivity index (χ1n) is 6.41. The van der Waals surface area contributed by atoms with E-state index in [0.717, 1.165) is 23.3 Å². The summed E-state index contributed by atoms with van der Waals surface area (Å²) in [5, 5.41) is 2.54. The Morgan fingerprint density at radius 2 is 2.00 bits per heavy atom. The van der Waals surface area contributed by atoms with Crippen molar-refractivity contribution in [2.24, 2.45) is 0 Å². The Bertz CT molecular complexity index is 752. The summed E-state index contributed by atoms with van der Waals surface area (Å²) in [6, 6.07) is 12.7. The van der Waals surface area contributed by atoms with E-state index >= 15 is 0 Å². The molecule has 0 aliphatic carbocycles. The SMILES string of the molecule is CCCCn1c(=S)[nH]c2ccc3ccccc3c21. The molecule has 1 aromatic heterocycles. The molecule has 0 aliphatic rings. The molecule has 3 aromatic rings. The number of fused-ring (bicyclic) bond motifs is 3. The number of unbranched alkanes of at least 4 members (excludes halogenated alkanes) is 1. The minimum absolute atomic E-state index is 0.829. The van der Waals surface area contributed by atoms with E-state index in [1.807, 2.05) is 0 Å². The van der Waals surface area contributed by atoms with Crippen LogP contribution in [-0.2, 0) is 6.54 Å². The number of hydrogen-bond donors (Lipinski definition) is 1. The van der Waals surface area contributed by atoms with Gasteiger partial charge in [-0.05, 0) is 30.1 Å². The van der Waals surface area contributed by atoms with Crippen LogP contribution in [0, 0.1) is 4.77 Å². The van der Waals surface area contributed by atoms with Gasteiger partial charge in [-0.15, -0.1) is 0 Å². The number of benzene rings is 2. The highest BCUT2D eigenvalue weighted by molar-refractivity contribution is 7.71. The molecule has 0 saturated heterocycles. The Morgan fingerprint density at radius 1 is 1.17 bits per heavy atom. The number of nitrogens with one attached hydrogen (secondary N) is 1. The van der Waals surface area contributed by atoms with Crippen LogP contribution in [0.4, 0.5) is 0 Å². The molecule has 18 heavy (non-hydrogen) atoms. The molecule has 0 saturated carbocycles. The van der Waals surface area contributed by atoms with Crippen LogP contribution in [0.3, 0.4) is 0 Å². The van der Waals surface area contributed by atoms with Crippen molar-refractivity contribution < 1.29 is 0 Å². The molecule has 3 heteroatoms. The summed E-state index contributed by atoms with van der Waals surface area (Å²) < 4.78 is 3.06. The lowest BCUT2D eigenvalue weighted by molar-refractivity contribution is 0.640. The van der Waals surface area contributed by atoms with E-state index in [2.05, 4.69) is 52.9 Å². The molecule has 1 N–H and O–H groups in total. The molecule has 0 unspecified atom stereocenters. The van der Waals surface area contributed by atoms with E-state index in [1.54, 1.807) is 0 Å². The van der Waals surface area contributed by atoms with E-state index in [1.165, 1.54) is 22.7 Å². The van der Waals surface area contributed by atoms with Gasteiger partial charge < -0.3 is 9.55 Å². The van der Waals surface area contributed by atoms with Crippen LogP contribution in [0.25, 0.3) is 21.8 Å². The van der Waals surface area contributed by atoms with Crippen LogP contribution >= 0.6 is 12.2 Å². The molecule has 3 rings (SSSR count). The van der Waals surface area contributed by atoms with E-state index in [0.29, 0.717) is 0 Å². The second kappa shape index (κ2) is 4.58. The Labute approximate surface area is 111 Å². The number of H-pyrrole nitrogens is 1. The molecular formula is C15H16N2S. The monoisotopic (exact) mass is 256 g/mol. The largest absolute Gasteiger partial charge is 0.331 e. The van der Waals surface area contributed by atoms with E-state index in [9.17, 15) is 0 Å². The van der Waals surface area contributed by atoms with Gasteiger partial charge in [0.25, 0.3) is 0 Å². The quantitative estimate of drug-likeness (QED) is 0.676. The van der Waals surface area contributed by atoms with Crippen LogP contribution in [0.2, 0.25) is 0 Å². The number of aromatic amines is 1. The molecule has 0 atom stereocenters. The molecule has 0 fully saturated rings. The summed E-state index contributed by atoms with van der Waals surface area (Å²) >= 11 is 5.44. The van der Waals surface area contributed by atoms with Crippen molar-refractivity contribution in [3.05, 3.63) is 41.2 Å². The van der Waals surface area contributed by atoms with Crippen molar-refractivity contribution in [2.75, 3.05) is 0 Å². The standard InChI is InChI=1S/C15H16N2S/c1-2-3-10-17-14-12-7-5-4-6-11(12)8-9-13(14)16-15(17)18/h4-9H,2-3,10H2,1H3,(H,16,18). The predicted molar refractivity (Wildman–Crippen MR) is 79.5 cm³/mol. The summed E-state index contributed by atoms with van der Waals surface area (Å²) in [4.78, 5) is 3.31. The first-order chi connectivity index (χ1) is 8.81. The fourth-order valence-corrected chi connectivity index (χ4v) is 2.75. The van der Waals surface area contributed by atoms with Crippen LogP contribution in [0.1, 0.15) is 19.8 Å². The van der Waals surface area contributed by atoms with Gasteiger partial charge in [0, 0.05) is 11.9 Å². The minimum atomic E-state index is 0.829. The van der Waals surface area contributed by atoms with Gasteiger partial charge >= 0.3 is 0 Å². The maximum Gasteiger partial charge on any atom is 0.178 e. The Kier molecular flexibility index (Phi) is 2.92. The Balaban J connectivity index is 2.36. The van der Waals surface area contributed by atoms with Crippen LogP contribution in [0.5, 0.6) is 0 Å². The molecule has 0 radical (unpaired) electrons. The summed E-state index contributed by atoms with van der Waals surface area (Å²) in [6.07, 6.45) is 2.34. The van der Waals surface area contributed by atoms with E-state index < -0.39 is 0 Å². The van der Waals surface area contributed by atoms with Crippen molar-refractivity contribution >= 4 is 34.0 Å². The van der Waals surface area contributed by atoms with Crippen LogP contribution in [0.15, 0.2) is 36.4 Å². The van der Waals surface area contributed by atoms with Gasteiger partial charge in [0.1, 0.15) is 0 Å². The maximum atomic E-state index is 5.44. The third-order valence-electron chi connectivity index (χ3n) is 3.39. The highest BCUT2D eigenvalue weighted by Crippen LogP contribution is 2.25. The number of rotatable bonds is 3. The van der Waals surface area contributed by atoms with Crippen molar-refractivity contribution in [1.82, 2.24) is 9.55 Å². The Morgan fingerprint density at radius 3 is 2.83 bits per heavy atom. The van der Waals surface area contributed by atoms with Gasteiger partial charge in [-0.3, -0.25) is 0 Å². The normalized spacial score (nSPS) is 11.4. The lowest BCUT2D eigenvalue weighted by atomic mass is 10.1. The third kappa shape index (κ3) is 1.75. The molecule has 0 amide bonds. The topological polar surface area (TPSA) is 20.7 Å². The molecule has 0 bridgehead atoms. The maximum absolute atomic E-state index is 5.44. The zero-order valence-corrected chi connectivity index (χ0v) is 11.3. The molecule has 92 valence electrons. The lowest BCUT2D eigenvalue weighted by Crippen LogP contribution is -1.97. The lowest BCUT2D eigenvalue weighted by Gasteiger charge is -2.06.